The minimum Gasteiger partial charge on any atom is -0.345 e. The lowest BCUT2D eigenvalue weighted by Crippen LogP contribution is -2.36. The van der Waals surface area contributed by atoms with Gasteiger partial charge in [0.15, 0.2) is 0 Å². The molecule has 1 N–H and O–H groups in total. The molecule has 2 amide bonds. The van der Waals surface area contributed by atoms with Gasteiger partial charge in [-0.15, -0.1) is 0 Å². The Labute approximate surface area is 155 Å². The Hall–Kier alpha value is -2.62. The zero-order valence-electron chi connectivity index (χ0n) is 15.2. The van der Waals surface area contributed by atoms with Gasteiger partial charge in [-0.25, -0.2) is 0 Å². The standard InChI is InChI=1S/C22H26N2O2/c1-2-3-14-24-16-19(15-20(24)25)22(26)23-21(17-10-6-4-7-11-17)18-12-8-5-9-13-18/h4-13,19,21H,2-3,14-16H2,1H3,(H,23,26)/t19-/m1/s1. The predicted octanol–water partition coefficient (Wildman–Crippen LogP) is 3.54. The van der Waals surface area contributed by atoms with Gasteiger partial charge in [-0.05, 0) is 17.5 Å². The maximum atomic E-state index is 12.9. The second-order valence-corrected chi connectivity index (χ2v) is 6.86. The molecule has 1 atom stereocenters. The van der Waals surface area contributed by atoms with E-state index in [0.717, 1.165) is 30.5 Å². The van der Waals surface area contributed by atoms with Gasteiger partial charge in [-0.2, -0.15) is 0 Å². The predicted molar refractivity (Wildman–Crippen MR) is 102 cm³/mol. The first-order chi connectivity index (χ1) is 12.7. The average molecular weight is 350 g/mol. The summed E-state index contributed by atoms with van der Waals surface area (Å²) in [5.41, 5.74) is 2.08. The Bertz CT molecular complexity index is 691. The van der Waals surface area contributed by atoms with E-state index in [1.165, 1.54) is 0 Å². The smallest absolute Gasteiger partial charge is 0.226 e. The summed E-state index contributed by atoms with van der Waals surface area (Å²) in [7, 11) is 0. The Balaban J connectivity index is 1.73. The van der Waals surface area contributed by atoms with Crippen LogP contribution < -0.4 is 5.32 Å². The van der Waals surface area contributed by atoms with Gasteiger partial charge in [0.1, 0.15) is 0 Å². The van der Waals surface area contributed by atoms with Crippen LogP contribution in [-0.2, 0) is 9.59 Å². The molecule has 0 aliphatic carbocycles. The highest BCUT2D eigenvalue weighted by Crippen LogP contribution is 2.24. The van der Waals surface area contributed by atoms with Gasteiger partial charge in [0.25, 0.3) is 0 Å². The second-order valence-electron chi connectivity index (χ2n) is 6.86. The Morgan fingerprint density at radius 3 is 2.19 bits per heavy atom. The molecule has 3 rings (SSSR count). The minimum absolute atomic E-state index is 0.0462. The molecule has 136 valence electrons. The first-order valence-corrected chi connectivity index (χ1v) is 9.37. The van der Waals surface area contributed by atoms with E-state index in [1.54, 1.807) is 0 Å². The molecule has 0 aromatic heterocycles. The number of hydrogen-bond acceptors (Lipinski definition) is 2. The number of nitrogens with one attached hydrogen (secondary N) is 1. The number of carbonyl (C=O) groups is 2. The molecule has 2 aromatic rings. The number of rotatable bonds is 7. The van der Waals surface area contributed by atoms with Crippen molar-refractivity contribution in [3.63, 3.8) is 0 Å². The minimum atomic E-state index is -0.269. The third kappa shape index (κ3) is 4.31. The van der Waals surface area contributed by atoms with E-state index in [9.17, 15) is 9.59 Å². The average Bonchev–Trinajstić information content (AvgIpc) is 3.06. The van der Waals surface area contributed by atoms with Crippen molar-refractivity contribution in [3.05, 3.63) is 71.8 Å². The number of hydrogen-bond donors (Lipinski definition) is 1. The van der Waals surface area contributed by atoms with Gasteiger partial charge >= 0.3 is 0 Å². The highest BCUT2D eigenvalue weighted by molar-refractivity contribution is 5.89. The molecule has 1 heterocycles. The molecule has 0 unspecified atom stereocenters. The van der Waals surface area contributed by atoms with Crippen LogP contribution in [0.3, 0.4) is 0 Å². The molecule has 2 aromatic carbocycles. The Kier molecular flexibility index (Phi) is 6.05. The molecular formula is C22H26N2O2. The van der Waals surface area contributed by atoms with E-state index >= 15 is 0 Å². The van der Waals surface area contributed by atoms with Crippen LogP contribution in [0.25, 0.3) is 0 Å². The largest absolute Gasteiger partial charge is 0.345 e. The van der Waals surface area contributed by atoms with Crippen molar-refractivity contribution in [1.29, 1.82) is 0 Å². The van der Waals surface area contributed by atoms with Crippen LogP contribution >= 0.6 is 0 Å². The molecule has 4 heteroatoms. The van der Waals surface area contributed by atoms with E-state index in [-0.39, 0.29) is 23.8 Å². The molecule has 0 radical (unpaired) electrons. The molecule has 1 aliphatic heterocycles. The second kappa shape index (κ2) is 8.65. The molecular weight excluding hydrogens is 324 g/mol. The summed E-state index contributed by atoms with van der Waals surface area (Å²) in [5, 5.41) is 3.17. The van der Waals surface area contributed by atoms with Gasteiger partial charge in [0, 0.05) is 19.5 Å². The fraction of sp³-hybridized carbons (Fsp3) is 0.364. The first kappa shape index (κ1) is 18.2. The zero-order valence-corrected chi connectivity index (χ0v) is 15.2. The molecule has 1 fully saturated rings. The SMILES string of the molecule is CCCCN1C[C@H](C(=O)NC(c2ccccc2)c2ccccc2)CC1=O. The molecule has 4 nitrogen and oxygen atoms in total. The normalized spacial score (nSPS) is 16.9. The summed E-state index contributed by atoms with van der Waals surface area (Å²) in [6.45, 7) is 3.38. The van der Waals surface area contributed by atoms with Crippen molar-refractivity contribution in [3.8, 4) is 0 Å². The van der Waals surface area contributed by atoms with E-state index in [2.05, 4.69) is 12.2 Å². The number of unbranched alkanes of at least 4 members (excludes halogenated alkanes) is 1. The van der Waals surface area contributed by atoms with Gasteiger partial charge in [0.2, 0.25) is 11.8 Å². The fourth-order valence-electron chi connectivity index (χ4n) is 3.42. The van der Waals surface area contributed by atoms with Crippen LogP contribution in [0.15, 0.2) is 60.7 Å². The molecule has 0 spiro atoms. The van der Waals surface area contributed by atoms with Crippen LogP contribution in [-0.4, -0.2) is 29.8 Å². The quantitative estimate of drug-likeness (QED) is 0.830. The van der Waals surface area contributed by atoms with Crippen LogP contribution in [0.1, 0.15) is 43.4 Å². The van der Waals surface area contributed by atoms with E-state index < -0.39 is 0 Å². The highest BCUT2D eigenvalue weighted by Gasteiger charge is 2.34. The summed E-state index contributed by atoms with van der Waals surface area (Å²) >= 11 is 0. The topological polar surface area (TPSA) is 49.4 Å². The van der Waals surface area contributed by atoms with Crippen molar-refractivity contribution in [2.24, 2.45) is 5.92 Å². The zero-order chi connectivity index (χ0) is 18.4. The molecule has 0 saturated carbocycles. The number of benzene rings is 2. The number of nitrogens with zero attached hydrogens (tertiary/aromatic N) is 1. The lowest BCUT2D eigenvalue weighted by molar-refractivity contribution is -0.129. The van der Waals surface area contributed by atoms with Crippen molar-refractivity contribution in [1.82, 2.24) is 10.2 Å². The van der Waals surface area contributed by atoms with E-state index in [4.69, 9.17) is 0 Å². The molecule has 26 heavy (non-hydrogen) atoms. The summed E-state index contributed by atoms with van der Waals surface area (Å²) in [6.07, 6.45) is 2.34. The maximum Gasteiger partial charge on any atom is 0.226 e. The lowest BCUT2D eigenvalue weighted by Gasteiger charge is -2.22. The molecule has 1 aliphatic rings. The number of carbonyl (C=O) groups excluding carboxylic acids is 2. The van der Waals surface area contributed by atoms with Gasteiger partial charge < -0.3 is 10.2 Å². The summed E-state index contributed by atoms with van der Waals surface area (Å²) in [5.74, 6) is -0.223. The summed E-state index contributed by atoms with van der Waals surface area (Å²) in [4.78, 5) is 26.9. The van der Waals surface area contributed by atoms with Gasteiger partial charge in [-0.3, -0.25) is 9.59 Å². The first-order valence-electron chi connectivity index (χ1n) is 9.37. The fourth-order valence-corrected chi connectivity index (χ4v) is 3.42. The van der Waals surface area contributed by atoms with Crippen LogP contribution in [0.2, 0.25) is 0 Å². The van der Waals surface area contributed by atoms with Crippen molar-refractivity contribution in [2.75, 3.05) is 13.1 Å². The molecule has 0 bridgehead atoms. The third-order valence-electron chi connectivity index (χ3n) is 4.92. The van der Waals surface area contributed by atoms with Gasteiger partial charge in [0.05, 0.1) is 12.0 Å². The number of amides is 2. The number of likely N-dealkylation sites (tertiary alicyclic amines) is 1. The van der Waals surface area contributed by atoms with E-state index in [1.807, 2.05) is 65.6 Å². The Morgan fingerprint density at radius 2 is 1.65 bits per heavy atom. The van der Waals surface area contributed by atoms with Crippen molar-refractivity contribution in [2.45, 2.75) is 32.2 Å². The maximum absolute atomic E-state index is 12.9. The lowest BCUT2D eigenvalue weighted by atomic mass is 9.97. The van der Waals surface area contributed by atoms with Crippen LogP contribution in [0.4, 0.5) is 0 Å². The van der Waals surface area contributed by atoms with Gasteiger partial charge in [-0.1, -0.05) is 74.0 Å². The van der Waals surface area contributed by atoms with Crippen molar-refractivity contribution >= 4 is 11.8 Å². The monoisotopic (exact) mass is 350 g/mol. The van der Waals surface area contributed by atoms with Crippen LogP contribution in [0, 0.1) is 5.92 Å². The third-order valence-corrected chi connectivity index (χ3v) is 4.92. The molecule has 1 saturated heterocycles. The van der Waals surface area contributed by atoms with Crippen LogP contribution in [0.5, 0.6) is 0 Å². The van der Waals surface area contributed by atoms with Crippen molar-refractivity contribution < 1.29 is 9.59 Å². The summed E-state index contributed by atoms with van der Waals surface area (Å²) < 4.78 is 0. The Morgan fingerprint density at radius 1 is 1.08 bits per heavy atom. The summed E-state index contributed by atoms with van der Waals surface area (Å²) in [6, 6.07) is 19.7. The van der Waals surface area contributed by atoms with E-state index in [0.29, 0.717) is 13.0 Å². The highest BCUT2D eigenvalue weighted by atomic mass is 16.2.